The first kappa shape index (κ1) is 22.9. The number of ketones is 1. The zero-order chi connectivity index (χ0) is 22.4. The van der Waals surface area contributed by atoms with Crippen LogP contribution in [-0.2, 0) is 16.1 Å². The first-order chi connectivity index (χ1) is 14.2. The molecule has 0 bridgehead atoms. The second-order valence-electron chi connectivity index (χ2n) is 7.35. The maximum atomic E-state index is 13.7. The SMILES string of the molecule is COc1ccc(C(=O)COC(=O)/C(C#N)=C/c2cc(C)n(CC(C)C)c2C)cc1F. The monoisotopic (exact) mass is 412 g/mol. The number of aryl methyl sites for hydroxylation is 1. The summed E-state index contributed by atoms with van der Waals surface area (Å²) in [5.41, 5.74) is 2.53. The fraction of sp³-hybridized carbons (Fsp3) is 0.348. The van der Waals surface area contributed by atoms with Crippen LogP contribution in [0.1, 0.15) is 41.2 Å². The molecule has 1 aromatic heterocycles. The normalized spacial score (nSPS) is 11.3. The Morgan fingerprint density at radius 3 is 2.53 bits per heavy atom. The molecule has 0 aliphatic rings. The standard InChI is InChI=1S/C23H25FN2O4/c1-14(2)12-26-15(3)8-18(16(26)4)9-19(11-25)23(28)30-13-21(27)17-6-7-22(29-5)20(24)10-17/h6-10,14H,12-13H2,1-5H3/b19-9+. The van der Waals surface area contributed by atoms with Gasteiger partial charge in [-0.05, 0) is 55.7 Å². The smallest absolute Gasteiger partial charge is 0.349 e. The van der Waals surface area contributed by atoms with E-state index in [9.17, 15) is 19.2 Å². The molecule has 0 fully saturated rings. The van der Waals surface area contributed by atoms with Crippen molar-refractivity contribution in [3.05, 3.63) is 58.2 Å². The van der Waals surface area contributed by atoms with Gasteiger partial charge in [-0.25, -0.2) is 9.18 Å². The molecule has 0 unspecified atom stereocenters. The van der Waals surface area contributed by atoms with Crippen LogP contribution in [-0.4, -0.2) is 30.0 Å². The van der Waals surface area contributed by atoms with Crippen molar-refractivity contribution < 1.29 is 23.5 Å². The highest BCUT2D eigenvalue weighted by molar-refractivity contribution is 6.02. The minimum atomic E-state index is -0.909. The molecule has 0 spiro atoms. The third-order valence-corrected chi connectivity index (χ3v) is 4.61. The molecule has 1 aromatic carbocycles. The third kappa shape index (κ3) is 5.35. The number of Topliss-reactive ketones (excluding diaryl/α,β-unsaturated/α-hetero) is 1. The van der Waals surface area contributed by atoms with E-state index in [2.05, 4.69) is 18.4 Å². The maximum absolute atomic E-state index is 13.7. The molecule has 0 amide bonds. The van der Waals surface area contributed by atoms with E-state index in [1.807, 2.05) is 26.0 Å². The average molecular weight is 412 g/mol. The van der Waals surface area contributed by atoms with Gasteiger partial charge >= 0.3 is 5.97 Å². The van der Waals surface area contributed by atoms with Gasteiger partial charge in [0.25, 0.3) is 0 Å². The molecular formula is C23H25FN2O4. The summed E-state index contributed by atoms with van der Waals surface area (Å²) in [6.07, 6.45) is 1.46. The molecule has 0 saturated carbocycles. The highest BCUT2D eigenvalue weighted by Crippen LogP contribution is 2.21. The predicted molar refractivity (Wildman–Crippen MR) is 111 cm³/mol. The molecule has 0 aliphatic heterocycles. The molecule has 0 saturated heterocycles. The van der Waals surface area contributed by atoms with E-state index in [-0.39, 0.29) is 16.9 Å². The molecule has 0 radical (unpaired) electrons. The van der Waals surface area contributed by atoms with Gasteiger partial charge in [-0.1, -0.05) is 13.8 Å². The van der Waals surface area contributed by atoms with Gasteiger partial charge in [0, 0.05) is 23.5 Å². The van der Waals surface area contributed by atoms with Gasteiger partial charge < -0.3 is 14.0 Å². The lowest BCUT2D eigenvalue weighted by atomic mass is 10.1. The molecule has 0 aliphatic carbocycles. The predicted octanol–water partition coefficient (Wildman–Crippen LogP) is 4.24. The van der Waals surface area contributed by atoms with Crippen LogP contribution in [0, 0.1) is 36.9 Å². The number of nitriles is 1. The fourth-order valence-electron chi connectivity index (χ4n) is 3.04. The summed E-state index contributed by atoms with van der Waals surface area (Å²) in [5, 5.41) is 9.37. The first-order valence-corrected chi connectivity index (χ1v) is 9.50. The third-order valence-electron chi connectivity index (χ3n) is 4.61. The number of halogens is 1. The van der Waals surface area contributed by atoms with Crippen molar-refractivity contribution in [2.75, 3.05) is 13.7 Å². The van der Waals surface area contributed by atoms with Gasteiger partial charge in [0.1, 0.15) is 11.6 Å². The molecule has 0 N–H and O–H groups in total. The van der Waals surface area contributed by atoms with Crippen LogP contribution in [0.4, 0.5) is 4.39 Å². The first-order valence-electron chi connectivity index (χ1n) is 9.50. The van der Waals surface area contributed by atoms with Crippen LogP contribution in [0.3, 0.4) is 0 Å². The van der Waals surface area contributed by atoms with Crippen LogP contribution < -0.4 is 4.74 Å². The van der Waals surface area contributed by atoms with E-state index >= 15 is 0 Å². The van der Waals surface area contributed by atoms with Crippen LogP contribution in [0.2, 0.25) is 0 Å². The Morgan fingerprint density at radius 1 is 1.27 bits per heavy atom. The summed E-state index contributed by atoms with van der Waals surface area (Å²) < 4.78 is 25.7. The maximum Gasteiger partial charge on any atom is 0.349 e. The van der Waals surface area contributed by atoms with E-state index in [0.717, 1.165) is 29.6 Å². The molecule has 0 atom stereocenters. The van der Waals surface area contributed by atoms with Crippen LogP contribution in [0.15, 0.2) is 29.8 Å². The minimum Gasteiger partial charge on any atom is -0.494 e. The molecule has 6 nitrogen and oxygen atoms in total. The number of hydrogen-bond acceptors (Lipinski definition) is 5. The van der Waals surface area contributed by atoms with Crippen molar-refractivity contribution in [3.8, 4) is 11.8 Å². The number of benzene rings is 1. The Kier molecular flexibility index (Phi) is 7.54. The lowest BCUT2D eigenvalue weighted by Crippen LogP contribution is -2.15. The Balaban J connectivity index is 2.13. The number of aromatic nitrogens is 1. The van der Waals surface area contributed by atoms with E-state index in [0.29, 0.717) is 5.92 Å². The topological polar surface area (TPSA) is 81.3 Å². The summed E-state index contributed by atoms with van der Waals surface area (Å²) >= 11 is 0. The van der Waals surface area contributed by atoms with E-state index in [1.165, 1.54) is 25.3 Å². The molecule has 1 heterocycles. The molecule has 2 rings (SSSR count). The Labute approximate surface area is 175 Å². The van der Waals surface area contributed by atoms with Crippen LogP contribution in [0.25, 0.3) is 6.08 Å². The number of esters is 1. The number of carbonyl (C=O) groups excluding carboxylic acids is 2. The largest absolute Gasteiger partial charge is 0.494 e. The summed E-state index contributed by atoms with van der Waals surface area (Å²) in [6, 6.07) is 7.43. The highest BCUT2D eigenvalue weighted by atomic mass is 19.1. The van der Waals surface area contributed by atoms with Crippen molar-refractivity contribution in [1.29, 1.82) is 5.26 Å². The summed E-state index contributed by atoms with van der Waals surface area (Å²) in [5.74, 6) is -1.73. The lowest BCUT2D eigenvalue weighted by molar-refractivity contribution is -0.137. The molecule has 2 aromatic rings. The average Bonchev–Trinajstić information content (AvgIpc) is 2.96. The number of hydrogen-bond donors (Lipinski definition) is 0. The molecule has 7 heteroatoms. The second kappa shape index (κ2) is 9.88. The summed E-state index contributed by atoms with van der Waals surface area (Å²) in [7, 11) is 1.32. The molecular weight excluding hydrogens is 387 g/mol. The number of nitrogens with zero attached hydrogens (tertiary/aromatic N) is 2. The van der Waals surface area contributed by atoms with Crippen molar-refractivity contribution >= 4 is 17.8 Å². The van der Waals surface area contributed by atoms with Crippen LogP contribution >= 0.6 is 0 Å². The number of carbonyl (C=O) groups is 2. The van der Waals surface area contributed by atoms with Gasteiger partial charge in [0.2, 0.25) is 0 Å². The molecule has 30 heavy (non-hydrogen) atoms. The van der Waals surface area contributed by atoms with E-state index < -0.39 is 24.2 Å². The van der Waals surface area contributed by atoms with Gasteiger partial charge in [0.05, 0.1) is 7.11 Å². The fourth-order valence-corrected chi connectivity index (χ4v) is 3.04. The van der Waals surface area contributed by atoms with Crippen molar-refractivity contribution in [2.45, 2.75) is 34.2 Å². The van der Waals surface area contributed by atoms with Crippen molar-refractivity contribution in [1.82, 2.24) is 4.57 Å². The summed E-state index contributed by atoms with van der Waals surface area (Å²) in [4.78, 5) is 24.5. The van der Waals surface area contributed by atoms with Crippen LogP contribution in [0.5, 0.6) is 5.75 Å². The van der Waals surface area contributed by atoms with Crippen molar-refractivity contribution in [3.63, 3.8) is 0 Å². The van der Waals surface area contributed by atoms with E-state index in [1.54, 1.807) is 0 Å². The van der Waals surface area contributed by atoms with Gasteiger partial charge in [-0.15, -0.1) is 0 Å². The van der Waals surface area contributed by atoms with Gasteiger partial charge in [-0.3, -0.25) is 4.79 Å². The number of methoxy groups -OCH3 is 1. The number of ether oxygens (including phenoxy) is 2. The highest BCUT2D eigenvalue weighted by Gasteiger charge is 2.17. The second-order valence-corrected chi connectivity index (χ2v) is 7.35. The Bertz CT molecular complexity index is 1030. The summed E-state index contributed by atoms with van der Waals surface area (Å²) in [6.45, 7) is 8.32. The Morgan fingerprint density at radius 2 is 1.97 bits per heavy atom. The van der Waals surface area contributed by atoms with Gasteiger partial charge in [-0.2, -0.15) is 5.26 Å². The quantitative estimate of drug-likeness (QED) is 0.280. The lowest BCUT2D eigenvalue weighted by Gasteiger charge is -2.12. The molecule has 158 valence electrons. The minimum absolute atomic E-state index is 0.00770. The Hall–Kier alpha value is -3.40. The van der Waals surface area contributed by atoms with E-state index in [4.69, 9.17) is 9.47 Å². The van der Waals surface area contributed by atoms with Gasteiger partial charge in [0.15, 0.2) is 24.0 Å². The zero-order valence-corrected chi connectivity index (χ0v) is 17.8. The zero-order valence-electron chi connectivity index (χ0n) is 17.8. The van der Waals surface area contributed by atoms with Crippen molar-refractivity contribution in [2.24, 2.45) is 5.92 Å². The number of rotatable bonds is 8.